The summed E-state index contributed by atoms with van der Waals surface area (Å²) in [6, 6.07) is 0. The van der Waals surface area contributed by atoms with Crippen molar-refractivity contribution >= 4 is 31.1 Å². The van der Waals surface area contributed by atoms with E-state index in [4.69, 9.17) is 4.52 Å². The van der Waals surface area contributed by atoms with Crippen molar-refractivity contribution in [3.63, 3.8) is 0 Å². The molecule has 0 bridgehead atoms. The molecule has 24 heavy (non-hydrogen) atoms. The summed E-state index contributed by atoms with van der Waals surface area (Å²) in [5.41, 5.74) is 0. The Morgan fingerprint density at radius 1 is 0.542 bits per heavy atom. The van der Waals surface area contributed by atoms with E-state index in [9.17, 15) is 18.3 Å². The molecule has 13 nitrogen and oxygen atoms in total. The molecule has 0 aromatic heterocycles. The summed E-state index contributed by atoms with van der Waals surface area (Å²) in [6.45, 7) is 0. The predicted octanol–water partition coefficient (Wildman–Crippen LogP) is 3.39. The van der Waals surface area contributed by atoms with Gasteiger partial charge in [0.15, 0.2) is 6.35 Å². The quantitative estimate of drug-likeness (QED) is 0.388. The first-order valence-electron chi connectivity index (χ1n) is 5.79. The second-order valence-electron chi connectivity index (χ2n) is 3.47. The van der Waals surface area contributed by atoms with Gasteiger partial charge in [-0.25, -0.2) is 13.7 Å². The highest BCUT2D eigenvalue weighted by Gasteiger charge is 2.46. The van der Waals surface area contributed by atoms with Crippen molar-refractivity contribution in [3.8, 4) is 0 Å². The molecule has 146 valence electrons. The van der Waals surface area contributed by atoms with Gasteiger partial charge >= 0.3 is 31.1 Å². The SMILES string of the molecule is COP(=O)(COP(=O)(OC)OP(=O)(OC)OP(=O)(OC)OC)OC. The summed E-state index contributed by atoms with van der Waals surface area (Å²) in [4.78, 5) is 0. The third-order valence-corrected chi connectivity index (χ3v) is 9.42. The molecule has 0 rings (SSSR count). The van der Waals surface area contributed by atoms with Gasteiger partial charge in [-0.15, -0.1) is 0 Å². The molecule has 2 atom stereocenters. The Balaban J connectivity index is 5.30. The smallest absolute Gasteiger partial charge is 0.310 e. The minimum absolute atomic E-state index is 0.839. The standard InChI is InChI=1S/C7H20O13P4/c1-12-21(8,13-2)7-18-23(10,16-5)20-24(11,17-6)19-22(9,14-3)15-4/h7H2,1-6H3. The molecule has 0 saturated heterocycles. The zero-order valence-corrected chi connectivity index (χ0v) is 17.4. The monoisotopic (exact) mass is 436 g/mol. The lowest BCUT2D eigenvalue weighted by atomic mass is 11.7. The minimum atomic E-state index is -4.79. The Labute approximate surface area is 139 Å². The maximum Gasteiger partial charge on any atom is 0.492 e. The molecule has 2 unspecified atom stereocenters. The van der Waals surface area contributed by atoms with Crippen molar-refractivity contribution in [2.45, 2.75) is 0 Å². The van der Waals surface area contributed by atoms with Crippen LogP contribution in [0.2, 0.25) is 0 Å². The largest absolute Gasteiger partial charge is 0.492 e. The maximum atomic E-state index is 12.3. The molecule has 0 aliphatic carbocycles. The Morgan fingerprint density at radius 3 is 1.25 bits per heavy atom. The van der Waals surface area contributed by atoms with Crippen LogP contribution in [0.3, 0.4) is 0 Å². The van der Waals surface area contributed by atoms with Crippen LogP contribution in [0.25, 0.3) is 0 Å². The van der Waals surface area contributed by atoms with Crippen LogP contribution in [-0.2, 0) is 58.5 Å². The highest BCUT2D eigenvalue weighted by molar-refractivity contribution is 7.68. The van der Waals surface area contributed by atoms with Gasteiger partial charge in [-0.1, -0.05) is 0 Å². The molecular formula is C7H20O13P4. The molecule has 0 fully saturated rings. The summed E-state index contributed by atoms with van der Waals surface area (Å²) in [7, 11) is -11.8. The number of hydrogen-bond acceptors (Lipinski definition) is 13. The summed E-state index contributed by atoms with van der Waals surface area (Å²) in [6.07, 6.45) is -0.874. The molecule has 0 aromatic carbocycles. The van der Waals surface area contributed by atoms with Crippen LogP contribution in [0, 0.1) is 0 Å². The zero-order valence-electron chi connectivity index (χ0n) is 13.8. The number of rotatable bonds is 13. The molecule has 0 aliphatic heterocycles. The molecule has 17 heteroatoms. The molecule has 0 saturated carbocycles. The fraction of sp³-hybridized carbons (Fsp3) is 1.00. The average Bonchev–Trinajstić information content (AvgIpc) is 2.59. The van der Waals surface area contributed by atoms with E-state index < -0.39 is 37.4 Å². The molecule has 0 heterocycles. The van der Waals surface area contributed by atoms with E-state index in [0.29, 0.717) is 0 Å². The number of hydrogen-bond donors (Lipinski definition) is 0. The topological polar surface area (TPSA) is 151 Å². The molecule has 0 amide bonds. The lowest BCUT2D eigenvalue weighted by Gasteiger charge is -2.23. The van der Waals surface area contributed by atoms with E-state index in [1.54, 1.807) is 0 Å². The van der Waals surface area contributed by atoms with E-state index in [1.165, 1.54) is 0 Å². The van der Waals surface area contributed by atoms with E-state index in [-0.39, 0.29) is 0 Å². The highest BCUT2D eigenvalue weighted by atomic mass is 31.3. The summed E-state index contributed by atoms with van der Waals surface area (Å²) >= 11 is 0. The molecule has 0 spiro atoms. The van der Waals surface area contributed by atoms with Crippen LogP contribution >= 0.6 is 31.1 Å². The lowest BCUT2D eigenvalue weighted by molar-refractivity contribution is 0.141. The fourth-order valence-electron chi connectivity index (χ4n) is 0.899. The van der Waals surface area contributed by atoms with Gasteiger partial charge in [-0.3, -0.25) is 27.2 Å². The number of phosphoric ester groups is 2. The third kappa shape index (κ3) is 7.43. The van der Waals surface area contributed by atoms with Crippen LogP contribution in [0.1, 0.15) is 0 Å². The first-order valence-corrected chi connectivity index (χ1v) is 11.9. The Morgan fingerprint density at radius 2 is 0.917 bits per heavy atom. The Hall–Kier alpha value is 0.560. The Bertz CT molecular complexity index is 559. The first-order chi connectivity index (χ1) is 11.0. The fourth-order valence-corrected chi connectivity index (χ4v) is 6.51. The zero-order chi connectivity index (χ0) is 19.1. The van der Waals surface area contributed by atoms with Crippen LogP contribution in [-0.4, -0.2) is 49.0 Å². The Kier molecular flexibility index (Phi) is 10.3. The van der Waals surface area contributed by atoms with Crippen LogP contribution in [0.4, 0.5) is 0 Å². The summed E-state index contributed by atoms with van der Waals surface area (Å²) in [5, 5.41) is 0. The van der Waals surface area contributed by atoms with Gasteiger partial charge < -0.3 is 9.05 Å². The van der Waals surface area contributed by atoms with Crippen molar-refractivity contribution in [1.82, 2.24) is 0 Å². The van der Waals surface area contributed by atoms with Crippen molar-refractivity contribution in [2.75, 3.05) is 49.0 Å². The molecule has 0 N–H and O–H groups in total. The molecular weight excluding hydrogens is 416 g/mol. The second kappa shape index (κ2) is 10.0. The summed E-state index contributed by atoms with van der Waals surface area (Å²) < 4.78 is 88.9. The van der Waals surface area contributed by atoms with Gasteiger partial charge in [0, 0.05) is 42.7 Å². The van der Waals surface area contributed by atoms with Crippen LogP contribution < -0.4 is 0 Å². The van der Waals surface area contributed by atoms with E-state index in [2.05, 4.69) is 35.8 Å². The van der Waals surface area contributed by atoms with Gasteiger partial charge in [0.1, 0.15) is 0 Å². The van der Waals surface area contributed by atoms with Crippen molar-refractivity contribution < 1.29 is 58.5 Å². The number of phosphoric acid groups is 3. The van der Waals surface area contributed by atoms with Gasteiger partial charge in [0.05, 0.1) is 0 Å². The van der Waals surface area contributed by atoms with Gasteiger partial charge in [0.25, 0.3) is 0 Å². The van der Waals surface area contributed by atoms with Crippen LogP contribution in [0.5, 0.6) is 0 Å². The van der Waals surface area contributed by atoms with E-state index >= 15 is 0 Å². The van der Waals surface area contributed by atoms with Crippen molar-refractivity contribution in [1.29, 1.82) is 0 Å². The highest BCUT2D eigenvalue weighted by Crippen LogP contribution is 2.72. The van der Waals surface area contributed by atoms with Crippen molar-refractivity contribution in [3.05, 3.63) is 0 Å². The van der Waals surface area contributed by atoms with E-state index in [1.807, 2.05) is 0 Å². The molecule has 0 aliphatic rings. The first kappa shape index (κ1) is 24.6. The second-order valence-corrected chi connectivity index (χ2v) is 11.4. The maximum absolute atomic E-state index is 12.3. The molecule has 0 radical (unpaired) electrons. The van der Waals surface area contributed by atoms with E-state index in [0.717, 1.165) is 42.7 Å². The lowest BCUT2D eigenvalue weighted by Crippen LogP contribution is -2.04. The molecule has 0 aromatic rings. The van der Waals surface area contributed by atoms with Crippen molar-refractivity contribution in [2.24, 2.45) is 0 Å². The van der Waals surface area contributed by atoms with Gasteiger partial charge in [-0.2, -0.15) is 8.62 Å². The predicted molar refractivity (Wildman–Crippen MR) is 80.6 cm³/mol. The minimum Gasteiger partial charge on any atom is -0.310 e. The summed E-state index contributed by atoms with van der Waals surface area (Å²) in [5.74, 6) is 0. The van der Waals surface area contributed by atoms with Gasteiger partial charge in [0.2, 0.25) is 0 Å². The average molecular weight is 436 g/mol. The third-order valence-electron chi connectivity index (χ3n) is 2.22. The normalized spacial score (nSPS) is 18.1. The van der Waals surface area contributed by atoms with Crippen LogP contribution in [0.15, 0.2) is 0 Å². The van der Waals surface area contributed by atoms with Gasteiger partial charge in [-0.05, 0) is 0 Å².